The van der Waals surface area contributed by atoms with Gasteiger partial charge in [0.05, 0.1) is 5.92 Å². The van der Waals surface area contributed by atoms with Crippen molar-refractivity contribution in [3.05, 3.63) is 114 Å². The standard InChI is InChI=1S/C28H22O4/c29-27(30)25-23(19-11-3-1-4-12-19)26(24(25)20-13-5-2-6-14-20)28(31)32-22-17-9-15-18-10-7-8-16-21(18)22/h1-17,23-26H,(H,29,30)/p-1/t23-,24-,25?,26?/m1/s1. The first-order valence-electron chi connectivity index (χ1n) is 10.7. The third-order valence-electron chi connectivity index (χ3n) is 6.42. The quantitative estimate of drug-likeness (QED) is 0.356. The number of carbonyl (C=O) groups excluding carboxylic acids is 2. The molecule has 1 saturated carbocycles. The monoisotopic (exact) mass is 421 g/mol. The molecular formula is C28H21O4-. The van der Waals surface area contributed by atoms with Crippen molar-refractivity contribution in [1.82, 2.24) is 0 Å². The minimum absolute atomic E-state index is 0.429. The van der Waals surface area contributed by atoms with Gasteiger partial charge in [0, 0.05) is 29.1 Å². The van der Waals surface area contributed by atoms with Crippen molar-refractivity contribution < 1.29 is 19.4 Å². The normalized spacial score (nSPS) is 22.1. The predicted molar refractivity (Wildman–Crippen MR) is 120 cm³/mol. The summed E-state index contributed by atoms with van der Waals surface area (Å²) in [6.45, 7) is 0. The Labute approximate surface area is 186 Å². The minimum Gasteiger partial charge on any atom is -0.550 e. The summed E-state index contributed by atoms with van der Waals surface area (Å²) in [5.41, 5.74) is 1.60. The molecule has 0 spiro atoms. The smallest absolute Gasteiger partial charge is 0.315 e. The minimum atomic E-state index is -1.15. The van der Waals surface area contributed by atoms with E-state index in [9.17, 15) is 14.7 Å². The molecule has 0 N–H and O–H groups in total. The highest BCUT2D eigenvalue weighted by molar-refractivity contribution is 5.92. The first-order chi connectivity index (χ1) is 15.6. The fourth-order valence-electron chi connectivity index (χ4n) is 4.98. The molecule has 2 atom stereocenters. The Hall–Kier alpha value is -3.92. The molecule has 0 amide bonds. The Kier molecular flexibility index (Phi) is 5.20. The topological polar surface area (TPSA) is 66.4 Å². The summed E-state index contributed by atoms with van der Waals surface area (Å²) in [7, 11) is 0. The number of rotatable bonds is 5. The van der Waals surface area contributed by atoms with Crippen molar-refractivity contribution in [2.24, 2.45) is 11.8 Å². The zero-order valence-electron chi connectivity index (χ0n) is 17.3. The molecule has 1 aliphatic carbocycles. The average Bonchev–Trinajstić information content (AvgIpc) is 2.80. The van der Waals surface area contributed by atoms with Crippen LogP contribution in [0.25, 0.3) is 10.8 Å². The van der Waals surface area contributed by atoms with Gasteiger partial charge in [0.2, 0.25) is 0 Å². The molecule has 0 aliphatic heterocycles. The highest BCUT2D eigenvalue weighted by Gasteiger charge is 2.56. The summed E-state index contributed by atoms with van der Waals surface area (Å²) in [5.74, 6) is -3.60. The molecule has 0 unspecified atom stereocenters. The Morgan fingerprint density at radius 2 is 1.16 bits per heavy atom. The van der Waals surface area contributed by atoms with Gasteiger partial charge in [0.15, 0.2) is 0 Å². The van der Waals surface area contributed by atoms with Crippen LogP contribution in [0.15, 0.2) is 103 Å². The van der Waals surface area contributed by atoms with E-state index in [1.165, 1.54) is 0 Å². The van der Waals surface area contributed by atoms with E-state index in [0.717, 1.165) is 21.9 Å². The number of carboxylic acid groups (broad SMARTS) is 1. The molecule has 1 fully saturated rings. The first kappa shape index (κ1) is 20.0. The fraction of sp³-hybridized carbons (Fsp3) is 0.143. The zero-order valence-corrected chi connectivity index (χ0v) is 17.3. The largest absolute Gasteiger partial charge is 0.550 e. The van der Waals surface area contributed by atoms with Crippen LogP contribution in [0.2, 0.25) is 0 Å². The molecule has 4 heteroatoms. The average molecular weight is 421 g/mol. The number of aliphatic carboxylic acids is 1. The van der Waals surface area contributed by atoms with Crippen LogP contribution in [-0.4, -0.2) is 11.9 Å². The van der Waals surface area contributed by atoms with Crippen LogP contribution in [0.3, 0.4) is 0 Å². The molecule has 4 aromatic carbocycles. The molecule has 5 rings (SSSR count). The van der Waals surface area contributed by atoms with Gasteiger partial charge in [-0.3, -0.25) is 4.79 Å². The van der Waals surface area contributed by atoms with Crippen molar-refractivity contribution in [2.45, 2.75) is 11.8 Å². The van der Waals surface area contributed by atoms with Crippen molar-refractivity contribution in [3.8, 4) is 5.75 Å². The van der Waals surface area contributed by atoms with Gasteiger partial charge in [-0.1, -0.05) is 97.1 Å². The maximum Gasteiger partial charge on any atom is 0.315 e. The molecule has 1 aliphatic rings. The van der Waals surface area contributed by atoms with Gasteiger partial charge < -0.3 is 14.6 Å². The number of ether oxygens (including phenoxy) is 1. The van der Waals surface area contributed by atoms with Crippen LogP contribution in [-0.2, 0) is 9.59 Å². The highest BCUT2D eigenvalue weighted by Crippen LogP contribution is 2.57. The number of esters is 1. The molecule has 0 bridgehead atoms. The Morgan fingerprint density at radius 3 is 1.75 bits per heavy atom. The first-order valence-corrected chi connectivity index (χ1v) is 10.7. The molecule has 158 valence electrons. The van der Waals surface area contributed by atoms with E-state index < -0.39 is 35.6 Å². The summed E-state index contributed by atoms with van der Waals surface area (Å²) < 4.78 is 5.91. The Morgan fingerprint density at radius 1 is 0.625 bits per heavy atom. The lowest BCUT2D eigenvalue weighted by molar-refractivity contribution is -0.317. The third kappa shape index (κ3) is 3.44. The van der Waals surface area contributed by atoms with Crippen molar-refractivity contribution in [2.75, 3.05) is 0 Å². The SMILES string of the molecule is O=C([O-])C1[C@@H](c2ccccc2)C(C(=O)Oc2cccc3ccccc23)[C@@H]1c1ccccc1. The van der Waals surface area contributed by atoms with E-state index in [0.29, 0.717) is 5.75 Å². The number of carboxylic acids is 1. The number of hydrogen-bond acceptors (Lipinski definition) is 4. The van der Waals surface area contributed by atoms with Gasteiger partial charge in [0.25, 0.3) is 0 Å². The van der Waals surface area contributed by atoms with Crippen molar-refractivity contribution in [3.63, 3.8) is 0 Å². The molecular weight excluding hydrogens is 400 g/mol. The maximum absolute atomic E-state index is 13.5. The van der Waals surface area contributed by atoms with Crippen LogP contribution >= 0.6 is 0 Å². The lowest BCUT2D eigenvalue weighted by Gasteiger charge is -2.51. The van der Waals surface area contributed by atoms with E-state index in [1.54, 1.807) is 6.07 Å². The molecule has 0 radical (unpaired) electrons. The summed E-state index contributed by atoms with van der Waals surface area (Å²) >= 11 is 0. The van der Waals surface area contributed by atoms with E-state index in [1.807, 2.05) is 97.1 Å². The van der Waals surface area contributed by atoms with Gasteiger partial charge >= 0.3 is 5.97 Å². The van der Waals surface area contributed by atoms with Crippen molar-refractivity contribution >= 4 is 22.7 Å². The number of carbonyl (C=O) groups is 2. The van der Waals surface area contributed by atoms with Crippen LogP contribution in [0.4, 0.5) is 0 Å². The second kappa shape index (κ2) is 8.31. The van der Waals surface area contributed by atoms with Gasteiger partial charge in [-0.2, -0.15) is 0 Å². The van der Waals surface area contributed by atoms with E-state index in [-0.39, 0.29) is 0 Å². The second-order valence-electron chi connectivity index (χ2n) is 8.14. The van der Waals surface area contributed by atoms with Gasteiger partial charge in [-0.05, 0) is 22.6 Å². The summed E-state index contributed by atoms with van der Waals surface area (Å²) in [4.78, 5) is 25.7. The molecule has 0 aromatic heterocycles. The second-order valence-corrected chi connectivity index (χ2v) is 8.14. The summed E-state index contributed by atoms with van der Waals surface area (Å²) in [6, 6.07) is 31.9. The van der Waals surface area contributed by atoms with Crippen molar-refractivity contribution in [1.29, 1.82) is 0 Å². The summed E-state index contributed by atoms with van der Waals surface area (Å²) in [6.07, 6.45) is 0. The number of benzene rings is 4. The number of hydrogen-bond donors (Lipinski definition) is 0. The maximum atomic E-state index is 13.5. The van der Waals surface area contributed by atoms with E-state index in [2.05, 4.69) is 0 Å². The molecule has 4 nitrogen and oxygen atoms in total. The van der Waals surface area contributed by atoms with Crippen LogP contribution < -0.4 is 9.84 Å². The summed E-state index contributed by atoms with van der Waals surface area (Å²) in [5, 5.41) is 14.0. The molecule has 4 aromatic rings. The van der Waals surface area contributed by atoms with E-state index >= 15 is 0 Å². The van der Waals surface area contributed by atoms with Crippen LogP contribution in [0.1, 0.15) is 23.0 Å². The predicted octanol–water partition coefficient (Wildman–Crippen LogP) is 4.31. The van der Waals surface area contributed by atoms with E-state index in [4.69, 9.17) is 4.74 Å². The van der Waals surface area contributed by atoms with Crippen LogP contribution in [0.5, 0.6) is 5.75 Å². The van der Waals surface area contributed by atoms with Gasteiger partial charge in [-0.15, -0.1) is 0 Å². The number of fused-ring (bicyclic) bond motifs is 1. The lowest BCUT2D eigenvalue weighted by atomic mass is 9.52. The zero-order chi connectivity index (χ0) is 22.1. The molecule has 0 heterocycles. The third-order valence-corrected chi connectivity index (χ3v) is 6.42. The lowest BCUT2D eigenvalue weighted by Crippen LogP contribution is -2.55. The fourth-order valence-corrected chi connectivity index (χ4v) is 4.98. The Balaban J connectivity index is 1.55. The van der Waals surface area contributed by atoms with Crippen LogP contribution in [0, 0.1) is 11.8 Å². The molecule has 32 heavy (non-hydrogen) atoms. The van der Waals surface area contributed by atoms with Gasteiger partial charge in [0.1, 0.15) is 5.75 Å². The highest BCUT2D eigenvalue weighted by atomic mass is 16.5. The van der Waals surface area contributed by atoms with Gasteiger partial charge in [-0.25, -0.2) is 0 Å². The molecule has 0 saturated heterocycles. The Bertz CT molecular complexity index is 1210.